The number of likely N-dealkylation sites (N-methyl/N-ethyl adjacent to an activating group) is 1. The third kappa shape index (κ3) is 3.43. The molecule has 4 heteroatoms. The second kappa shape index (κ2) is 6.74. The van der Waals surface area contributed by atoms with Crippen molar-refractivity contribution in [2.45, 2.75) is 46.1 Å². The Morgan fingerprint density at radius 2 is 2.10 bits per heavy atom. The van der Waals surface area contributed by atoms with E-state index in [4.69, 9.17) is 0 Å². The number of benzene rings is 1. The minimum atomic E-state index is -0.420. The van der Waals surface area contributed by atoms with Crippen LogP contribution in [0.2, 0.25) is 0 Å². The fourth-order valence-electron chi connectivity index (χ4n) is 2.88. The normalized spacial score (nSPS) is 18.4. The van der Waals surface area contributed by atoms with Crippen molar-refractivity contribution in [3.8, 4) is 0 Å². The van der Waals surface area contributed by atoms with Gasteiger partial charge in [-0.05, 0) is 57.7 Å². The molecule has 1 fully saturated rings. The number of rotatable bonds is 2. The Morgan fingerprint density at radius 3 is 2.71 bits per heavy atom. The molecule has 0 aromatic heterocycles. The van der Waals surface area contributed by atoms with Crippen LogP contribution in [-0.2, 0) is 9.59 Å². The summed E-state index contributed by atoms with van der Waals surface area (Å²) in [4.78, 5) is 28.4. The fourth-order valence-corrected chi connectivity index (χ4v) is 2.88. The van der Waals surface area contributed by atoms with Crippen LogP contribution >= 0.6 is 0 Å². The molecule has 1 heterocycles. The molecule has 0 N–H and O–H groups in total. The number of carbonyl (C=O) groups excluding carboxylic acids is 2. The average molecular weight is 288 g/mol. The van der Waals surface area contributed by atoms with Gasteiger partial charge in [-0.1, -0.05) is 12.1 Å². The van der Waals surface area contributed by atoms with Gasteiger partial charge >= 0.3 is 11.8 Å². The highest BCUT2D eigenvalue weighted by molar-refractivity contribution is 6.40. The van der Waals surface area contributed by atoms with Gasteiger partial charge in [-0.25, -0.2) is 0 Å². The zero-order valence-electron chi connectivity index (χ0n) is 13.1. The second-order valence-electron chi connectivity index (χ2n) is 5.73. The van der Waals surface area contributed by atoms with E-state index in [1.165, 1.54) is 0 Å². The molecule has 21 heavy (non-hydrogen) atoms. The molecular formula is C17H24N2O2. The Balaban J connectivity index is 2.18. The van der Waals surface area contributed by atoms with Crippen LogP contribution in [0.1, 0.15) is 38.7 Å². The maximum absolute atomic E-state index is 12.6. The summed E-state index contributed by atoms with van der Waals surface area (Å²) in [5.41, 5.74) is 1.87. The molecule has 2 amide bonds. The summed E-state index contributed by atoms with van der Waals surface area (Å²) in [7, 11) is 0. The van der Waals surface area contributed by atoms with Gasteiger partial charge < -0.3 is 9.80 Å². The van der Waals surface area contributed by atoms with E-state index in [1.807, 2.05) is 45.0 Å². The van der Waals surface area contributed by atoms with Gasteiger partial charge in [0.1, 0.15) is 0 Å². The van der Waals surface area contributed by atoms with Gasteiger partial charge in [-0.3, -0.25) is 9.59 Å². The number of piperidine rings is 1. The molecule has 1 aliphatic rings. The lowest BCUT2D eigenvalue weighted by Gasteiger charge is -2.34. The Bertz CT molecular complexity index is 527. The minimum Gasteiger partial charge on any atom is -0.332 e. The predicted octanol–water partition coefficient (Wildman–Crippen LogP) is 2.75. The van der Waals surface area contributed by atoms with E-state index < -0.39 is 5.91 Å². The molecule has 1 atom stereocenters. The smallest absolute Gasteiger partial charge is 0.316 e. The minimum absolute atomic E-state index is 0.159. The van der Waals surface area contributed by atoms with Crippen molar-refractivity contribution in [1.82, 2.24) is 4.90 Å². The van der Waals surface area contributed by atoms with E-state index in [0.717, 1.165) is 30.5 Å². The SMILES string of the molecule is CCN(C(=O)C(=O)N1CCCCC1C)c1cccc(C)c1. The van der Waals surface area contributed by atoms with E-state index >= 15 is 0 Å². The number of nitrogens with zero attached hydrogens (tertiary/aromatic N) is 2. The summed E-state index contributed by atoms with van der Waals surface area (Å²) >= 11 is 0. The highest BCUT2D eigenvalue weighted by Crippen LogP contribution is 2.20. The second-order valence-corrected chi connectivity index (χ2v) is 5.73. The van der Waals surface area contributed by atoms with Crippen LogP contribution in [0.15, 0.2) is 24.3 Å². The van der Waals surface area contributed by atoms with Crippen molar-refractivity contribution in [3.63, 3.8) is 0 Å². The van der Waals surface area contributed by atoms with Crippen molar-refractivity contribution in [1.29, 1.82) is 0 Å². The van der Waals surface area contributed by atoms with Crippen LogP contribution in [0.25, 0.3) is 0 Å². The Morgan fingerprint density at radius 1 is 1.33 bits per heavy atom. The van der Waals surface area contributed by atoms with Crippen molar-refractivity contribution >= 4 is 17.5 Å². The van der Waals surface area contributed by atoms with Gasteiger partial charge in [0, 0.05) is 24.8 Å². The summed E-state index contributed by atoms with van der Waals surface area (Å²) in [6.07, 6.45) is 3.10. The van der Waals surface area contributed by atoms with Gasteiger partial charge in [0.15, 0.2) is 0 Å². The van der Waals surface area contributed by atoms with Crippen LogP contribution in [0.3, 0.4) is 0 Å². The van der Waals surface area contributed by atoms with Gasteiger partial charge in [0.25, 0.3) is 0 Å². The van der Waals surface area contributed by atoms with Crippen molar-refractivity contribution in [2.24, 2.45) is 0 Å². The van der Waals surface area contributed by atoms with Gasteiger partial charge in [-0.2, -0.15) is 0 Å². The number of amides is 2. The molecule has 0 radical (unpaired) electrons. The summed E-state index contributed by atoms with van der Waals surface area (Å²) in [5, 5.41) is 0. The fraction of sp³-hybridized carbons (Fsp3) is 0.529. The van der Waals surface area contributed by atoms with E-state index in [2.05, 4.69) is 0 Å². The van der Waals surface area contributed by atoms with Crippen molar-refractivity contribution in [2.75, 3.05) is 18.0 Å². The lowest BCUT2D eigenvalue weighted by atomic mass is 10.0. The predicted molar refractivity (Wildman–Crippen MR) is 84.2 cm³/mol. The summed E-state index contributed by atoms with van der Waals surface area (Å²) in [6.45, 7) is 7.09. The molecule has 0 saturated carbocycles. The van der Waals surface area contributed by atoms with Gasteiger partial charge in [0.2, 0.25) is 0 Å². The quantitative estimate of drug-likeness (QED) is 0.785. The van der Waals surface area contributed by atoms with Crippen LogP contribution < -0.4 is 4.90 Å². The third-order valence-electron chi connectivity index (χ3n) is 4.12. The Hall–Kier alpha value is -1.84. The molecule has 1 aromatic carbocycles. The number of anilines is 1. The number of hydrogen-bond donors (Lipinski definition) is 0. The average Bonchev–Trinajstić information content (AvgIpc) is 2.48. The molecular weight excluding hydrogens is 264 g/mol. The standard InChI is InChI=1S/C17H24N2O2/c1-4-18(15-10-7-8-13(2)12-15)16(20)17(21)19-11-6-5-9-14(19)3/h7-8,10,12,14H,4-6,9,11H2,1-3H3. The largest absolute Gasteiger partial charge is 0.332 e. The third-order valence-corrected chi connectivity index (χ3v) is 4.12. The lowest BCUT2D eigenvalue weighted by Crippen LogP contribution is -2.50. The first-order chi connectivity index (χ1) is 10.0. The number of hydrogen-bond acceptors (Lipinski definition) is 2. The Labute approximate surface area is 126 Å². The lowest BCUT2D eigenvalue weighted by molar-refractivity contribution is -0.146. The first-order valence-corrected chi connectivity index (χ1v) is 7.73. The van der Waals surface area contributed by atoms with Crippen LogP contribution in [0.4, 0.5) is 5.69 Å². The van der Waals surface area contributed by atoms with E-state index in [9.17, 15) is 9.59 Å². The highest BCUT2D eigenvalue weighted by Gasteiger charge is 2.31. The monoisotopic (exact) mass is 288 g/mol. The number of aryl methyl sites for hydroxylation is 1. The first-order valence-electron chi connectivity index (χ1n) is 7.73. The van der Waals surface area contributed by atoms with E-state index in [-0.39, 0.29) is 11.9 Å². The molecule has 1 aromatic rings. The molecule has 1 unspecified atom stereocenters. The van der Waals surface area contributed by atoms with E-state index in [0.29, 0.717) is 13.1 Å². The first kappa shape index (κ1) is 15.5. The highest BCUT2D eigenvalue weighted by atomic mass is 16.2. The molecule has 0 bridgehead atoms. The zero-order chi connectivity index (χ0) is 15.4. The van der Waals surface area contributed by atoms with Crippen LogP contribution in [0.5, 0.6) is 0 Å². The van der Waals surface area contributed by atoms with Crippen molar-refractivity contribution < 1.29 is 9.59 Å². The Kier molecular flexibility index (Phi) is 4.99. The van der Waals surface area contributed by atoms with Crippen LogP contribution in [0, 0.1) is 6.92 Å². The maximum atomic E-state index is 12.6. The topological polar surface area (TPSA) is 40.6 Å². The summed E-state index contributed by atoms with van der Waals surface area (Å²) in [6, 6.07) is 7.87. The maximum Gasteiger partial charge on any atom is 0.316 e. The van der Waals surface area contributed by atoms with E-state index in [1.54, 1.807) is 9.80 Å². The molecule has 0 spiro atoms. The van der Waals surface area contributed by atoms with Crippen LogP contribution in [-0.4, -0.2) is 35.8 Å². The molecule has 114 valence electrons. The molecule has 2 rings (SSSR count). The van der Waals surface area contributed by atoms with Gasteiger partial charge in [0.05, 0.1) is 0 Å². The summed E-state index contributed by atoms with van der Waals surface area (Å²) in [5.74, 6) is -0.789. The number of carbonyl (C=O) groups is 2. The molecule has 1 saturated heterocycles. The number of likely N-dealkylation sites (tertiary alicyclic amines) is 1. The molecule has 0 aliphatic carbocycles. The zero-order valence-corrected chi connectivity index (χ0v) is 13.1. The summed E-state index contributed by atoms with van der Waals surface area (Å²) < 4.78 is 0. The molecule has 4 nitrogen and oxygen atoms in total. The van der Waals surface area contributed by atoms with Crippen molar-refractivity contribution in [3.05, 3.63) is 29.8 Å². The molecule has 1 aliphatic heterocycles. The van der Waals surface area contributed by atoms with Gasteiger partial charge in [-0.15, -0.1) is 0 Å².